The van der Waals surface area contributed by atoms with E-state index in [2.05, 4.69) is 32.2 Å². The highest BCUT2D eigenvalue weighted by atomic mass is 35.5. The van der Waals surface area contributed by atoms with E-state index in [4.69, 9.17) is 44.6 Å². The van der Waals surface area contributed by atoms with Crippen LogP contribution in [-0.4, -0.2) is 42.2 Å². The van der Waals surface area contributed by atoms with Crippen LogP contribution in [0.25, 0.3) is 0 Å². The van der Waals surface area contributed by atoms with Crippen molar-refractivity contribution in [3.63, 3.8) is 0 Å². The van der Waals surface area contributed by atoms with Crippen molar-refractivity contribution < 1.29 is 29.0 Å². The second-order valence-electron chi connectivity index (χ2n) is 14.3. The lowest BCUT2D eigenvalue weighted by Crippen LogP contribution is -2.18. The first-order valence-electron chi connectivity index (χ1n) is 17.5. The summed E-state index contributed by atoms with van der Waals surface area (Å²) in [6.07, 6.45) is 3.66. The van der Waals surface area contributed by atoms with E-state index in [0.29, 0.717) is 47.8 Å². The Labute approximate surface area is 328 Å². The molecule has 282 valence electrons. The number of carbonyl (C=O) groups excluding carboxylic acids is 3. The molecule has 0 fully saturated rings. The summed E-state index contributed by atoms with van der Waals surface area (Å²) in [6.45, 7) is 10.8. The molecule has 7 nitrogen and oxygen atoms in total. The highest BCUT2D eigenvalue weighted by Crippen LogP contribution is 2.32. The van der Waals surface area contributed by atoms with Crippen LogP contribution in [0.5, 0.6) is 5.75 Å². The van der Waals surface area contributed by atoms with Gasteiger partial charge in [0, 0.05) is 25.5 Å². The van der Waals surface area contributed by atoms with Crippen LogP contribution in [0.4, 0.5) is 0 Å². The summed E-state index contributed by atoms with van der Waals surface area (Å²) >= 11 is 18.8. The van der Waals surface area contributed by atoms with Gasteiger partial charge >= 0.3 is 5.97 Å². The number of halogens is 3. The predicted molar refractivity (Wildman–Crippen MR) is 214 cm³/mol. The molecule has 0 spiro atoms. The van der Waals surface area contributed by atoms with Crippen LogP contribution < -0.4 is 10.1 Å². The number of aryl methyl sites for hydroxylation is 2. The molecule has 0 saturated carbocycles. The lowest BCUT2D eigenvalue weighted by atomic mass is 9.91. The number of Topliss-reactive ketones (excluding diaryl/α,β-unsaturated/α-hetero) is 2. The van der Waals surface area contributed by atoms with E-state index >= 15 is 0 Å². The third-order valence-electron chi connectivity index (χ3n) is 8.47. The number of rotatable bonds is 15. The maximum absolute atomic E-state index is 12.8. The number of carboxylic acid groups (broad SMARTS) is 1. The summed E-state index contributed by atoms with van der Waals surface area (Å²) < 4.78 is 5.76. The first kappa shape index (κ1) is 43.2. The minimum atomic E-state index is -0.829. The molecule has 0 unspecified atom stereocenters. The Morgan fingerprint density at radius 3 is 2.02 bits per heavy atom. The molecule has 1 atom stereocenters. The van der Waals surface area contributed by atoms with E-state index in [9.17, 15) is 19.2 Å². The summed E-state index contributed by atoms with van der Waals surface area (Å²) in [5.74, 6) is -1.15. The first-order valence-corrected chi connectivity index (χ1v) is 18.7. The van der Waals surface area contributed by atoms with Crippen LogP contribution in [-0.2, 0) is 24.1 Å². The number of amides is 1. The molecule has 1 amide bonds. The fraction of sp³-hybridized carbons (Fsp3) is 0.349. The maximum atomic E-state index is 12.8. The predicted octanol–water partition coefficient (Wildman–Crippen LogP) is 10.7. The van der Waals surface area contributed by atoms with Gasteiger partial charge in [-0.15, -0.1) is 0 Å². The minimum absolute atomic E-state index is 0.0202. The number of carbonyl (C=O) groups is 4. The Balaban J connectivity index is 0.000000302. The van der Waals surface area contributed by atoms with E-state index < -0.39 is 11.9 Å². The molecule has 0 radical (unpaired) electrons. The Morgan fingerprint density at radius 2 is 1.45 bits per heavy atom. The Bertz CT molecular complexity index is 1880. The minimum Gasteiger partial charge on any atom is -0.493 e. The van der Waals surface area contributed by atoms with Gasteiger partial charge in [0.25, 0.3) is 5.91 Å². The van der Waals surface area contributed by atoms with Crippen molar-refractivity contribution in [2.45, 2.75) is 73.1 Å². The summed E-state index contributed by atoms with van der Waals surface area (Å²) in [6, 6.07) is 23.5. The molecule has 4 rings (SSSR count). The first-order chi connectivity index (χ1) is 25.0. The van der Waals surface area contributed by atoms with Gasteiger partial charge in [-0.3, -0.25) is 19.2 Å². The average Bonchev–Trinajstić information content (AvgIpc) is 3.09. The van der Waals surface area contributed by atoms with Crippen molar-refractivity contribution in [2.75, 3.05) is 13.7 Å². The molecule has 0 aliphatic rings. The van der Waals surface area contributed by atoms with Gasteiger partial charge in [-0.1, -0.05) is 123 Å². The number of ketones is 2. The molecule has 0 aromatic heterocycles. The second-order valence-corrected chi connectivity index (χ2v) is 15.5. The van der Waals surface area contributed by atoms with Crippen LogP contribution in [0.2, 0.25) is 15.1 Å². The van der Waals surface area contributed by atoms with Gasteiger partial charge in [0.05, 0.1) is 38.7 Å². The molecule has 0 bridgehead atoms. The molecule has 0 aliphatic heterocycles. The molecule has 10 heteroatoms. The van der Waals surface area contributed by atoms with Crippen molar-refractivity contribution in [2.24, 2.45) is 11.3 Å². The molecule has 0 saturated heterocycles. The summed E-state index contributed by atoms with van der Waals surface area (Å²) in [7, 11) is 1.54. The van der Waals surface area contributed by atoms with Gasteiger partial charge in [0.1, 0.15) is 5.75 Å². The largest absolute Gasteiger partial charge is 0.493 e. The monoisotopic (exact) mass is 779 g/mol. The molecule has 4 aromatic rings. The molecule has 0 aliphatic carbocycles. The molecule has 2 N–H and O–H groups in total. The van der Waals surface area contributed by atoms with Crippen molar-refractivity contribution in [3.8, 4) is 5.75 Å². The number of benzene rings is 4. The zero-order valence-electron chi connectivity index (χ0n) is 31.2. The van der Waals surface area contributed by atoms with E-state index in [-0.39, 0.29) is 44.9 Å². The van der Waals surface area contributed by atoms with E-state index in [0.717, 1.165) is 29.5 Å². The van der Waals surface area contributed by atoms with Crippen molar-refractivity contribution >= 4 is 58.2 Å². The van der Waals surface area contributed by atoms with Gasteiger partial charge in [-0.05, 0) is 79.0 Å². The molecule has 4 aromatic carbocycles. The number of aliphatic carboxylic acids is 1. The van der Waals surface area contributed by atoms with E-state index in [1.54, 1.807) is 44.3 Å². The average molecular weight is 781 g/mol. The Kier molecular flexibility index (Phi) is 16.6. The van der Waals surface area contributed by atoms with E-state index in [1.807, 2.05) is 49.4 Å². The standard InChI is InChI=1S/C25H30Cl2O4.C18H18ClNO2/c1-16(24(29)30)12-17-6-8-18(9-7-17)13-22(28)23-20(26)14-19(15-21(23)27)31-11-5-10-25(2,3)4;1-12-4-3-5-13(10-12)6-9-17(21)14-7-8-15(16(19)11-14)18(22)20-2/h6-9,14-16H,5,10-13H2,1-4H3,(H,29,30);3-5,7-8,10-11H,6,9H2,1-2H3,(H,20,22)/t16-;/m0./s1. The molecule has 0 heterocycles. The maximum Gasteiger partial charge on any atom is 0.306 e. The van der Waals surface area contributed by atoms with E-state index in [1.165, 1.54) is 5.56 Å². The van der Waals surface area contributed by atoms with Gasteiger partial charge in [-0.2, -0.15) is 0 Å². The fourth-order valence-corrected chi connectivity index (χ4v) is 6.42. The van der Waals surface area contributed by atoms with Crippen molar-refractivity contribution in [1.82, 2.24) is 5.32 Å². The number of hydrogen-bond donors (Lipinski definition) is 2. The van der Waals surface area contributed by atoms with Crippen molar-refractivity contribution in [1.29, 1.82) is 0 Å². The Morgan fingerprint density at radius 1 is 0.811 bits per heavy atom. The number of hydrogen-bond acceptors (Lipinski definition) is 5. The third-order valence-corrected chi connectivity index (χ3v) is 9.38. The second kappa shape index (κ2) is 20.3. The number of nitrogens with one attached hydrogen (secondary N) is 1. The smallest absolute Gasteiger partial charge is 0.306 e. The lowest BCUT2D eigenvalue weighted by Gasteiger charge is -2.18. The Hall–Kier alpha value is -4.17. The lowest BCUT2D eigenvalue weighted by molar-refractivity contribution is -0.141. The van der Waals surface area contributed by atoms with Crippen molar-refractivity contribution in [3.05, 3.63) is 133 Å². The SMILES string of the molecule is CNC(=O)c1ccc(C(=O)CCc2cccc(C)c2)cc1Cl.C[C@@H](Cc1ccc(CC(=O)c2c(Cl)cc(OCCCC(C)(C)C)cc2Cl)cc1)C(=O)O. The summed E-state index contributed by atoms with van der Waals surface area (Å²) in [5.41, 5.74) is 5.49. The topological polar surface area (TPSA) is 110 Å². The quantitative estimate of drug-likeness (QED) is 0.0918. The van der Waals surface area contributed by atoms with Crippen LogP contribution >= 0.6 is 34.8 Å². The van der Waals surface area contributed by atoms with Gasteiger partial charge in [-0.25, -0.2) is 0 Å². The highest BCUT2D eigenvalue weighted by molar-refractivity contribution is 6.40. The highest BCUT2D eigenvalue weighted by Gasteiger charge is 2.19. The number of carboxylic acids is 1. The molecular weight excluding hydrogens is 733 g/mol. The van der Waals surface area contributed by atoms with Gasteiger partial charge < -0.3 is 15.2 Å². The normalized spacial score (nSPS) is 11.6. The van der Waals surface area contributed by atoms with Crippen LogP contribution in [0.15, 0.2) is 78.9 Å². The summed E-state index contributed by atoms with van der Waals surface area (Å²) in [4.78, 5) is 47.6. The summed E-state index contributed by atoms with van der Waals surface area (Å²) in [5, 5.41) is 12.4. The van der Waals surface area contributed by atoms with Crippen LogP contribution in [0, 0.1) is 18.3 Å². The van der Waals surface area contributed by atoms with Crippen LogP contribution in [0.1, 0.15) is 100 Å². The third kappa shape index (κ3) is 14.3. The van der Waals surface area contributed by atoms with Gasteiger partial charge in [0.2, 0.25) is 0 Å². The molecule has 53 heavy (non-hydrogen) atoms. The number of ether oxygens (including phenoxy) is 1. The van der Waals surface area contributed by atoms with Gasteiger partial charge in [0.15, 0.2) is 11.6 Å². The zero-order valence-corrected chi connectivity index (χ0v) is 33.4. The zero-order chi connectivity index (χ0) is 39.3. The molecular formula is C43H48Cl3NO6. The fourth-order valence-electron chi connectivity index (χ4n) is 5.48. The van der Waals surface area contributed by atoms with Crippen LogP contribution in [0.3, 0.4) is 0 Å².